The molecule has 0 aromatic carbocycles. The lowest BCUT2D eigenvalue weighted by Gasteiger charge is -2.39. The summed E-state index contributed by atoms with van der Waals surface area (Å²) in [5, 5.41) is 3.84. The van der Waals surface area contributed by atoms with E-state index in [0.29, 0.717) is 11.6 Å². The molecule has 7 heteroatoms. The second kappa shape index (κ2) is 9.28. The normalized spacial score (nSPS) is 21.0. The topological polar surface area (TPSA) is 51.2 Å². The van der Waals surface area contributed by atoms with Crippen LogP contribution in [-0.2, 0) is 4.79 Å². The van der Waals surface area contributed by atoms with Gasteiger partial charge in [0.1, 0.15) is 0 Å². The van der Waals surface area contributed by atoms with Gasteiger partial charge in [0.05, 0.1) is 12.6 Å². The third kappa shape index (κ3) is 5.11. The van der Waals surface area contributed by atoms with E-state index < -0.39 is 0 Å². The molecule has 24 heavy (non-hydrogen) atoms. The van der Waals surface area contributed by atoms with E-state index >= 15 is 0 Å². The third-order valence-corrected chi connectivity index (χ3v) is 4.79. The molecule has 1 N–H and O–H groups in total. The van der Waals surface area contributed by atoms with Gasteiger partial charge in [0.15, 0.2) is 5.96 Å². The van der Waals surface area contributed by atoms with Crippen molar-refractivity contribution < 1.29 is 4.79 Å². The monoisotopic (exact) mass is 355 g/mol. The van der Waals surface area contributed by atoms with Crippen molar-refractivity contribution in [2.75, 3.05) is 52.4 Å². The van der Waals surface area contributed by atoms with Crippen LogP contribution in [0.15, 0.2) is 16.6 Å². The number of hydrogen-bond donors (Lipinski definition) is 1. The van der Waals surface area contributed by atoms with Crippen molar-refractivity contribution in [2.24, 2.45) is 4.99 Å². The maximum atomic E-state index is 12.6. The Morgan fingerprint density at radius 1 is 1.17 bits per heavy atom. The van der Waals surface area contributed by atoms with Crippen molar-refractivity contribution in [2.45, 2.75) is 32.7 Å². The molecular formula is C17H30ClN5O. The highest BCUT2D eigenvalue weighted by Crippen LogP contribution is 2.14. The summed E-state index contributed by atoms with van der Waals surface area (Å²) in [6, 6.07) is -0.0348. The van der Waals surface area contributed by atoms with Crippen molar-refractivity contribution in [3.05, 3.63) is 11.6 Å². The SMILES string of the molecule is C=C(Cl)CN=C(NCC)N1CCN(C(C)C(=O)N2CCCC2)CC1. The first-order valence-corrected chi connectivity index (χ1v) is 9.30. The molecule has 1 unspecified atom stereocenters. The van der Waals surface area contributed by atoms with Crippen LogP contribution in [0.25, 0.3) is 0 Å². The van der Waals surface area contributed by atoms with Gasteiger partial charge in [-0.05, 0) is 26.7 Å². The Hall–Kier alpha value is -1.27. The summed E-state index contributed by atoms with van der Waals surface area (Å²) >= 11 is 5.82. The minimum atomic E-state index is -0.0348. The van der Waals surface area contributed by atoms with E-state index in [1.807, 2.05) is 11.8 Å². The third-order valence-electron chi connectivity index (χ3n) is 4.67. The maximum Gasteiger partial charge on any atom is 0.239 e. The maximum absolute atomic E-state index is 12.6. The van der Waals surface area contributed by atoms with E-state index in [1.165, 1.54) is 0 Å². The molecule has 2 saturated heterocycles. The number of rotatable bonds is 5. The van der Waals surface area contributed by atoms with E-state index in [1.54, 1.807) is 0 Å². The van der Waals surface area contributed by atoms with Gasteiger partial charge < -0.3 is 15.1 Å². The summed E-state index contributed by atoms with van der Waals surface area (Å²) in [6.07, 6.45) is 2.28. The summed E-state index contributed by atoms with van der Waals surface area (Å²) in [7, 11) is 0. The highest BCUT2D eigenvalue weighted by Gasteiger charge is 2.30. The average Bonchev–Trinajstić information content (AvgIpc) is 3.12. The molecule has 0 spiro atoms. The van der Waals surface area contributed by atoms with Gasteiger partial charge in [0.25, 0.3) is 0 Å². The van der Waals surface area contributed by atoms with Crippen LogP contribution in [0.3, 0.4) is 0 Å². The molecule has 0 aromatic heterocycles. The van der Waals surface area contributed by atoms with Crippen LogP contribution in [-0.4, -0.2) is 85.0 Å². The van der Waals surface area contributed by atoms with E-state index in [9.17, 15) is 4.79 Å². The molecule has 2 aliphatic heterocycles. The number of piperazine rings is 1. The van der Waals surface area contributed by atoms with Crippen molar-refractivity contribution in [1.82, 2.24) is 20.0 Å². The number of amides is 1. The molecule has 1 atom stereocenters. The molecule has 0 saturated carbocycles. The minimum absolute atomic E-state index is 0.0348. The first-order valence-electron chi connectivity index (χ1n) is 8.92. The van der Waals surface area contributed by atoms with Crippen LogP contribution in [0.2, 0.25) is 0 Å². The standard InChI is InChI=1S/C17H30ClN5O/c1-4-19-17(20-13-14(2)18)23-11-9-21(10-12-23)15(3)16(24)22-7-5-6-8-22/h15H,2,4-13H2,1,3H3,(H,19,20). The highest BCUT2D eigenvalue weighted by molar-refractivity contribution is 6.29. The van der Waals surface area contributed by atoms with E-state index in [-0.39, 0.29) is 11.9 Å². The zero-order valence-corrected chi connectivity index (χ0v) is 15.7. The molecule has 6 nitrogen and oxygen atoms in total. The van der Waals surface area contributed by atoms with Gasteiger partial charge in [-0.3, -0.25) is 9.69 Å². The summed E-state index contributed by atoms with van der Waals surface area (Å²) < 4.78 is 0. The molecule has 1 amide bonds. The Labute approximate surface area is 150 Å². The second-order valence-corrected chi connectivity index (χ2v) is 6.95. The Bertz CT molecular complexity index is 468. The van der Waals surface area contributed by atoms with Gasteiger partial charge in [-0.15, -0.1) is 0 Å². The fraction of sp³-hybridized carbons (Fsp3) is 0.765. The summed E-state index contributed by atoms with van der Waals surface area (Å²) in [4.78, 5) is 23.6. The molecule has 2 aliphatic rings. The molecule has 136 valence electrons. The minimum Gasteiger partial charge on any atom is -0.357 e. The highest BCUT2D eigenvalue weighted by atomic mass is 35.5. The van der Waals surface area contributed by atoms with Gasteiger partial charge in [-0.1, -0.05) is 18.2 Å². The Morgan fingerprint density at radius 2 is 1.79 bits per heavy atom. The van der Waals surface area contributed by atoms with Crippen LogP contribution in [0.5, 0.6) is 0 Å². The number of guanidine groups is 1. The number of halogens is 1. The Morgan fingerprint density at radius 3 is 2.33 bits per heavy atom. The van der Waals surface area contributed by atoms with E-state index in [2.05, 4.69) is 33.6 Å². The van der Waals surface area contributed by atoms with Crippen molar-refractivity contribution >= 4 is 23.5 Å². The van der Waals surface area contributed by atoms with Crippen molar-refractivity contribution in [3.63, 3.8) is 0 Å². The average molecular weight is 356 g/mol. The summed E-state index contributed by atoms with van der Waals surface area (Å²) in [6.45, 7) is 14.3. The lowest BCUT2D eigenvalue weighted by molar-refractivity contribution is -0.135. The first-order chi connectivity index (χ1) is 11.5. The van der Waals surface area contributed by atoms with E-state index in [0.717, 1.165) is 64.6 Å². The fourth-order valence-electron chi connectivity index (χ4n) is 3.27. The quantitative estimate of drug-likeness (QED) is 0.597. The van der Waals surface area contributed by atoms with Gasteiger partial charge in [-0.2, -0.15) is 0 Å². The van der Waals surface area contributed by atoms with Crippen LogP contribution in [0.1, 0.15) is 26.7 Å². The van der Waals surface area contributed by atoms with Crippen LogP contribution in [0, 0.1) is 0 Å². The number of hydrogen-bond acceptors (Lipinski definition) is 3. The molecule has 0 aliphatic carbocycles. The predicted molar refractivity (Wildman–Crippen MR) is 99.4 cm³/mol. The number of carbonyl (C=O) groups is 1. The summed E-state index contributed by atoms with van der Waals surface area (Å²) in [5.74, 6) is 1.15. The predicted octanol–water partition coefficient (Wildman–Crippen LogP) is 1.33. The molecular weight excluding hydrogens is 326 g/mol. The zero-order valence-electron chi connectivity index (χ0n) is 14.9. The van der Waals surface area contributed by atoms with Gasteiger partial charge >= 0.3 is 0 Å². The van der Waals surface area contributed by atoms with Crippen LogP contribution < -0.4 is 5.32 Å². The fourth-order valence-corrected chi connectivity index (χ4v) is 3.33. The van der Waals surface area contributed by atoms with Gasteiger partial charge in [0, 0.05) is 50.8 Å². The molecule has 2 rings (SSSR count). The zero-order chi connectivity index (χ0) is 17.5. The number of nitrogens with one attached hydrogen (secondary N) is 1. The van der Waals surface area contributed by atoms with Crippen LogP contribution in [0.4, 0.5) is 0 Å². The smallest absolute Gasteiger partial charge is 0.239 e. The second-order valence-electron chi connectivity index (χ2n) is 6.42. The lowest BCUT2D eigenvalue weighted by Crippen LogP contribution is -2.57. The molecule has 0 radical (unpaired) electrons. The largest absolute Gasteiger partial charge is 0.357 e. The lowest BCUT2D eigenvalue weighted by atomic mass is 10.2. The number of likely N-dealkylation sites (tertiary alicyclic amines) is 1. The van der Waals surface area contributed by atoms with Crippen molar-refractivity contribution in [3.8, 4) is 0 Å². The van der Waals surface area contributed by atoms with Gasteiger partial charge in [0.2, 0.25) is 5.91 Å². The molecule has 0 aromatic rings. The van der Waals surface area contributed by atoms with Gasteiger partial charge in [-0.25, -0.2) is 4.99 Å². The Kier molecular flexibility index (Phi) is 7.37. The Balaban J connectivity index is 1.87. The number of carbonyl (C=O) groups excluding carboxylic acids is 1. The van der Waals surface area contributed by atoms with Crippen LogP contribution >= 0.6 is 11.6 Å². The summed E-state index contributed by atoms with van der Waals surface area (Å²) in [5.41, 5.74) is 0. The number of nitrogens with zero attached hydrogens (tertiary/aromatic N) is 4. The first kappa shape index (κ1) is 19.1. The van der Waals surface area contributed by atoms with E-state index in [4.69, 9.17) is 11.6 Å². The molecule has 2 heterocycles. The molecule has 2 fully saturated rings. The number of aliphatic imine (C=N–C) groups is 1. The van der Waals surface area contributed by atoms with Crippen molar-refractivity contribution in [1.29, 1.82) is 0 Å². The molecule has 0 bridgehead atoms.